The third-order valence-corrected chi connectivity index (χ3v) is 3.49. The molecule has 114 valence electrons. The fourth-order valence-electron chi connectivity index (χ4n) is 2.23. The SMILES string of the molecule is Cc1ccccc1NC(=O)c1ccc(-c2ccccn2)[nH]c1=O. The van der Waals surface area contributed by atoms with Crippen molar-refractivity contribution in [3.05, 3.63) is 82.3 Å². The molecule has 5 heteroatoms. The second-order valence-electron chi connectivity index (χ2n) is 5.10. The Morgan fingerprint density at radius 2 is 1.83 bits per heavy atom. The highest BCUT2D eigenvalue weighted by Crippen LogP contribution is 2.15. The van der Waals surface area contributed by atoms with E-state index >= 15 is 0 Å². The highest BCUT2D eigenvalue weighted by Gasteiger charge is 2.12. The molecule has 2 N–H and O–H groups in total. The first-order valence-corrected chi connectivity index (χ1v) is 7.17. The van der Waals surface area contributed by atoms with Crippen LogP contribution in [0, 0.1) is 6.92 Å². The molecule has 0 aliphatic carbocycles. The molecule has 1 aromatic carbocycles. The van der Waals surface area contributed by atoms with Gasteiger partial charge in [-0.3, -0.25) is 14.6 Å². The maximum atomic E-state index is 12.3. The summed E-state index contributed by atoms with van der Waals surface area (Å²) in [5, 5.41) is 2.75. The van der Waals surface area contributed by atoms with Crippen LogP contribution in [0.4, 0.5) is 5.69 Å². The van der Waals surface area contributed by atoms with Gasteiger partial charge in [0, 0.05) is 11.9 Å². The zero-order valence-electron chi connectivity index (χ0n) is 12.5. The lowest BCUT2D eigenvalue weighted by Gasteiger charge is -2.08. The summed E-state index contributed by atoms with van der Waals surface area (Å²) in [7, 11) is 0. The number of hydrogen-bond acceptors (Lipinski definition) is 3. The van der Waals surface area contributed by atoms with Gasteiger partial charge in [0.2, 0.25) is 0 Å². The van der Waals surface area contributed by atoms with Crippen LogP contribution in [0.5, 0.6) is 0 Å². The summed E-state index contributed by atoms with van der Waals surface area (Å²) >= 11 is 0. The Labute approximate surface area is 133 Å². The van der Waals surface area contributed by atoms with Crippen LogP contribution in [-0.2, 0) is 0 Å². The number of rotatable bonds is 3. The fraction of sp³-hybridized carbons (Fsp3) is 0.0556. The summed E-state index contributed by atoms with van der Waals surface area (Å²) in [4.78, 5) is 31.3. The number of benzene rings is 1. The monoisotopic (exact) mass is 305 g/mol. The van der Waals surface area contributed by atoms with E-state index in [1.807, 2.05) is 31.2 Å². The molecule has 0 saturated carbocycles. The summed E-state index contributed by atoms with van der Waals surface area (Å²) in [6.07, 6.45) is 1.65. The molecule has 3 rings (SSSR count). The number of para-hydroxylation sites is 1. The van der Waals surface area contributed by atoms with Crippen LogP contribution >= 0.6 is 0 Å². The van der Waals surface area contributed by atoms with Gasteiger partial charge >= 0.3 is 0 Å². The van der Waals surface area contributed by atoms with E-state index in [0.29, 0.717) is 17.1 Å². The normalized spacial score (nSPS) is 10.3. The second-order valence-corrected chi connectivity index (χ2v) is 5.10. The molecule has 1 amide bonds. The molecule has 2 aromatic heterocycles. The van der Waals surface area contributed by atoms with Crippen molar-refractivity contribution in [1.82, 2.24) is 9.97 Å². The minimum atomic E-state index is -0.445. The molecular formula is C18H15N3O2. The molecule has 0 spiro atoms. The van der Waals surface area contributed by atoms with Crippen molar-refractivity contribution in [2.24, 2.45) is 0 Å². The lowest BCUT2D eigenvalue weighted by Crippen LogP contribution is -2.23. The van der Waals surface area contributed by atoms with Crippen molar-refractivity contribution >= 4 is 11.6 Å². The molecule has 23 heavy (non-hydrogen) atoms. The molecular weight excluding hydrogens is 290 g/mol. The number of hydrogen-bond donors (Lipinski definition) is 2. The van der Waals surface area contributed by atoms with E-state index in [0.717, 1.165) is 5.56 Å². The van der Waals surface area contributed by atoms with Gasteiger partial charge in [0.25, 0.3) is 11.5 Å². The number of amides is 1. The van der Waals surface area contributed by atoms with E-state index in [-0.39, 0.29) is 5.56 Å². The first-order valence-electron chi connectivity index (χ1n) is 7.17. The number of nitrogens with one attached hydrogen (secondary N) is 2. The fourth-order valence-corrected chi connectivity index (χ4v) is 2.23. The number of aryl methyl sites for hydroxylation is 1. The molecule has 0 atom stereocenters. The molecule has 0 aliphatic heterocycles. The Hall–Kier alpha value is -3.21. The number of carbonyl (C=O) groups excluding carboxylic acids is 1. The van der Waals surface area contributed by atoms with Crippen molar-refractivity contribution in [2.45, 2.75) is 6.92 Å². The zero-order chi connectivity index (χ0) is 16.2. The lowest BCUT2D eigenvalue weighted by molar-refractivity contribution is 0.102. The number of H-pyrrole nitrogens is 1. The highest BCUT2D eigenvalue weighted by atomic mass is 16.2. The molecule has 0 bridgehead atoms. The molecule has 0 radical (unpaired) electrons. The Morgan fingerprint density at radius 3 is 2.52 bits per heavy atom. The topological polar surface area (TPSA) is 74.8 Å². The average Bonchev–Trinajstić information content (AvgIpc) is 2.57. The average molecular weight is 305 g/mol. The van der Waals surface area contributed by atoms with Gasteiger partial charge in [-0.05, 0) is 42.8 Å². The molecule has 5 nitrogen and oxygen atoms in total. The van der Waals surface area contributed by atoms with Gasteiger partial charge in [-0.25, -0.2) is 0 Å². The number of nitrogens with zero attached hydrogens (tertiary/aromatic N) is 1. The Bertz CT molecular complexity index is 901. The minimum absolute atomic E-state index is 0.0629. The lowest BCUT2D eigenvalue weighted by atomic mass is 10.1. The van der Waals surface area contributed by atoms with Crippen molar-refractivity contribution in [1.29, 1.82) is 0 Å². The van der Waals surface area contributed by atoms with Crippen molar-refractivity contribution in [3.63, 3.8) is 0 Å². The Morgan fingerprint density at radius 1 is 1.04 bits per heavy atom. The quantitative estimate of drug-likeness (QED) is 0.781. The standard InChI is InChI=1S/C18H15N3O2/c1-12-6-2-3-7-14(12)20-17(22)13-9-10-16(21-18(13)23)15-8-4-5-11-19-15/h2-11H,1H3,(H,20,22)(H,21,23). The van der Waals surface area contributed by atoms with Crippen LogP contribution < -0.4 is 10.9 Å². The summed E-state index contributed by atoms with van der Waals surface area (Å²) in [6, 6.07) is 16.0. The number of carbonyl (C=O) groups is 1. The second kappa shape index (κ2) is 6.27. The molecule has 0 unspecified atom stereocenters. The predicted molar refractivity (Wildman–Crippen MR) is 89.4 cm³/mol. The first-order chi connectivity index (χ1) is 11.1. The third-order valence-electron chi connectivity index (χ3n) is 3.49. The van der Waals surface area contributed by atoms with Crippen LogP contribution in [0.1, 0.15) is 15.9 Å². The summed E-state index contributed by atoms with van der Waals surface area (Å²) in [6.45, 7) is 1.89. The van der Waals surface area contributed by atoms with Crippen LogP contribution in [0.25, 0.3) is 11.4 Å². The van der Waals surface area contributed by atoms with E-state index < -0.39 is 11.5 Å². The molecule has 2 heterocycles. The van der Waals surface area contributed by atoms with Crippen LogP contribution in [0.2, 0.25) is 0 Å². The first kappa shape index (κ1) is 14.7. The highest BCUT2D eigenvalue weighted by molar-refractivity contribution is 6.04. The van der Waals surface area contributed by atoms with E-state index in [1.165, 1.54) is 6.07 Å². The van der Waals surface area contributed by atoms with Crippen LogP contribution in [0.15, 0.2) is 65.6 Å². The van der Waals surface area contributed by atoms with E-state index in [4.69, 9.17) is 0 Å². The van der Waals surface area contributed by atoms with E-state index in [9.17, 15) is 9.59 Å². The third kappa shape index (κ3) is 3.18. The predicted octanol–water partition coefficient (Wildman–Crippen LogP) is 3.00. The Balaban J connectivity index is 1.88. The summed E-state index contributed by atoms with van der Waals surface area (Å²) in [5.41, 5.74) is 2.46. The van der Waals surface area contributed by atoms with Gasteiger partial charge in [-0.1, -0.05) is 24.3 Å². The smallest absolute Gasteiger partial charge is 0.261 e. The molecule has 0 aliphatic rings. The zero-order valence-corrected chi connectivity index (χ0v) is 12.5. The van der Waals surface area contributed by atoms with Gasteiger partial charge in [-0.15, -0.1) is 0 Å². The van der Waals surface area contributed by atoms with Crippen LogP contribution in [0.3, 0.4) is 0 Å². The number of pyridine rings is 2. The van der Waals surface area contributed by atoms with Crippen molar-refractivity contribution in [2.75, 3.05) is 5.32 Å². The largest absolute Gasteiger partial charge is 0.322 e. The Kier molecular flexibility index (Phi) is 4.01. The number of aromatic amines is 1. The van der Waals surface area contributed by atoms with Crippen molar-refractivity contribution in [3.8, 4) is 11.4 Å². The number of aromatic nitrogens is 2. The van der Waals surface area contributed by atoms with E-state index in [2.05, 4.69) is 15.3 Å². The van der Waals surface area contributed by atoms with Crippen LogP contribution in [-0.4, -0.2) is 15.9 Å². The van der Waals surface area contributed by atoms with Gasteiger partial charge in [0.15, 0.2) is 0 Å². The maximum absolute atomic E-state index is 12.3. The molecule has 0 fully saturated rings. The van der Waals surface area contributed by atoms with Crippen molar-refractivity contribution < 1.29 is 4.79 Å². The molecule has 0 saturated heterocycles. The summed E-state index contributed by atoms with van der Waals surface area (Å²) in [5.74, 6) is -0.437. The van der Waals surface area contributed by atoms with E-state index in [1.54, 1.807) is 30.5 Å². The minimum Gasteiger partial charge on any atom is -0.322 e. The number of anilines is 1. The van der Waals surface area contributed by atoms with Gasteiger partial charge < -0.3 is 10.3 Å². The van der Waals surface area contributed by atoms with Gasteiger partial charge in [-0.2, -0.15) is 0 Å². The van der Waals surface area contributed by atoms with Gasteiger partial charge in [0.1, 0.15) is 5.56 Å². The molecule has 3 aromatic rings. The maximum Gasteiger partial charge on any atom is 0.261 e. The van der Waals surface area contributed by atoms with Gasteiger partial charge in [0.05, 0.1) is 11.4 Å². The summed E-state index contributed by atoms with van der Waals surface area (Å²) < 4.78 is 0.